The summed E-state index contributed by atoms with van der Waals surface area (Å²) in [5, 5.41) is 7.50. The maximum atomic E-state index is 12.4. The maximum Gasteiger partial charge on any atom is 0.240 e. The highest BCUT2D eigenvalue weighted by molar-refractivity contribution is 14.0. The number of nitrogens with zero attached hydrogens (tertiary/aromatic N) is 1. The minimum absolute atomic E-state index is 0. The van der Waals surface area contributed by atoms with E-state index in [1.165, 1.54) is 20.0 Å². The first-order valence-corrected chi connectivity index (χ1v) is 12.3. The van der Waals surface area contributed by atoms with E-state index in [1.807, 2.05) is 17.8 Å². The Hall–Kier alpha value is -0.560. The molecule has 2 atom stereocenters. The van der Waals surface area contributed by atoms with Crippen molar-refractivity contribution in [3.8, 4) is 0 Å². The molecule has 0 spiro atoms. The van der Waals surface area contributed by atoms with Crippen LogP contribution in [-0.2, 0) is 21.3 Å². The van der Waals surface area contributed by atoms with Gasteiger partial charge in [0, 0.05) is 38.5 Å². The monoisotopic (exact) mass is 556 g/mol. The number of thioether (sulfide) groups is 1. The largest absolute Gasteiger partial charge is 0.383 e. The van der Waals surface area contributed by atoms with Crippen molar-refractivity contribution in [1.29, 1.82) is 0 Å². The van der Waals surface area contributed by atoms with Crippen LogP contribution in [0.25, 0.3) is 0 Å². The van der Waals surface area contributed by atoms with Crippen molar-refractivity contribution >= 4 is 51.7 Å². The second-order valence-electron chi connectivity index (χ2n) is 6.83. The lowest BCUT2D eigenvalue weighted by Gasteiger charge is -2.29. The Bertz CT molecular complexity index is 747. The van der Waals surface area contributed by atoms with E-state index in [4.69, 9.17) is 4.74 Å². The van der Waals surface area contributed by atoms with Gasteiger partial charge in [-0.1, -0.05) is 18.6 Å². The number of sulfonamides is 1. The highest BCUT2D eigenvalue weighted by atomic mass is 127. The second kappa shape index (κ2) is 13.7. The van der Waals surface area contributed by atoms with Gasteiger partial charge >= 0.3 is 0 Å². The molecular formula is C19H33IN4O3S2. The molecule has 1 aromatic rings. The molecule has 29 heavy (non-hydrogen) atoms. The lowest BCUT2D eigenvalue weighted by atomic mass is 9.95. The van der Waals surface area contributed by atoms with Crippen molar-refractivity contribution in [2.45, 2.75) is 48.4 Å². The Labute approximate surface area is 196 Å². The summed E-state index contributed by atoms with van der Waals surface area (Å²) in [6.45, 7) is 1.08. The first kappa shape index (κ1) is 26.5. The number of hydrogen-bond acceptors (Lipinski definition) is 5. The first-order valence-electron chi connectivity index (χ1n) is 9.56. The Morgan fingerprint density at radius 3 is 2.83 bits per heavy atom. The van der Waals surface area contributed by atoms with Crippen LogP contribution in [0.4, 0.5) is 0 Å². The summed E-state index contributed by atoms with van der Waals surface area (Å²) in [6.07, 6.45) is 6.98. The molecule has 0 heterocycles. The van der Waals surface area contributed by atoms with Gasteiger partial charge in [-0.25, -0.2) is 13.1 Å². The van der Waals surface area contributed by atoms with Crippen molar-refractivity contribution in [2.75, 3.05) is 33.6 Å². The summed E-state index contributed by atoms with van der Waals surface area (Å²) in [6, 6.07) is 7.35. The summed E-state index contributed by atoms with van der Waals surface area (Å²) >= 11 is 1.93. The van der Waals surface area contributed by atoms with Crippen LogP contribution in [0, 0.1) is 0 Å². The van der Waals surface area contributed by atoms with Crippen LogP contribution < -0.4 is 15.4 Å². The number of nitrogens with one attached hydrogen (secondary N) is 3. The van der Waals surface area contributed by atoms with Crippen LogP contribution in [0.2, 0.25) is 0 Å². The van der Waals surface area contributed by atoms with Crippen LogP contribution >= 0.6 is 35.7 Å². The smallest absolute Gasteiger partial charge is 0.240 e. The molecule has 0 amide bonds. The molecule has 2 rings (SSSR count). The predicted molar refractivity (Wildman–Crippen MR) is 132 cm³/mol. The van der Waals surface area contributed by atoms with Gasteiger partial charge in [-0.05, 0) is 43.2 Å². The van der Waals surface area contributed by atoms with E-state index in [2.05, 4.69) is 26.6 Å². The highest BCUT2D eigenvalue weighted by Crippen LogP contribution is 2.26. The SMILES string of the molecule is CN=C(NCc1cccc(S(=O)(=O)NCCOC)c1)NC1CCCC(SC)C1.I. The number of guanidine groups is 1. The highest BCUT2D eigenvalue weighted by Gasteiger charge is 2.22. The van der Waals surface area contributed by atoms with Crippen LogP contribution in [0.5, 0.6) is 0 Å². The molecule has 1 aliphatic rings. The van der Waals surface area contributed by atoms with E-state index >= 15 is 0 Å². The van der Waals surface area contributed by atoms with Gasteiger partial charge in [-0.15, -0.1) is 24.0 Å². The molecule has 0 saturated heterocycles. The van der Waals surface area contributed by atoms with Crippen molar-refractivity contribution < 1.29 is 13.2 Å². The molecule has 2 unspecified atom stereocenters. The van der Waals surface area contributed by atoms with Gasteiger partial charge in [0.25, 0.3) is 0 Å². The average Bonchev–Trinajstić information content (AvgIpc) is 2.71. The molecule has 1 fully saturated rings. The third-order valence-corrected chi connectivity index (χ3v) is 7.34. The predicted octanol–water partition coefficient (Wildman–Crippen LogP) is 2.57. The van der Waals surface area contributed by atoms with E-state index < -0.39 is 10.0 Å². The molecule has 10 heteroatoms. The van der Waals surface area contributed by atoms with E-state index in [9.17, 15) is 8.42 Å². The summed E-state index contributed by atoms with van der Waals surface area (Å²) in [5.41, 5.74) is 0.878. The third kappa shape index (κ3) is 8.99. The summed E-state index contributed by atoms with van der Waals surface area (Å²) < 4.78 is 32.1. The molecule has 0 aromatic heterocycles. The van der Waals surface area contributed by atoms with Gasteiger partial charge in [0.1, 0.15) is 0 Å². The van der Waals surface area contributed by atoms with E-state index in [0.717, 1.165) is 24.4 Å². The lowest BCUT2D eigenvalue weighted by molar-refractivity contribution is 0.204. The molecule has 1 aliphatic carbocycles. The van der Waals surface area contributed by atoms with Gasteiger partial charge in [0.2, 0.25) is 10.0 Å². The summed E-state index contributed by atoms with van der Waals surface area (Å²) in [4.78, 5) is 4.56. The molecule has 3 N–H and O–H groups in total. The average molecular weight is 557 g/mol. The number of benzene rings is 1. The lowest BCUT2D eigenvalue weighted by Crippen LogP contribution is -2.45. The molecule has 0 bridgehead atoms. The molecule has 7 nitrogen and oxygen atoms in total. The minimum atomic E-state index is -3.54. The van der Waals surface area contributed by atoms with Crippen molar-refractivity contribution in [3.05, 3.63) is 29.8 Å². The molecule has 166 valence electrons. The normalized spacial score (nSPS) is 20.0. The number of ether oxygens (including phenoxy) is 1. The number of methoxy groups -OCH3 is 1. The molecule has 1 saturated carbocycles. The molecular weight excluding hydrogens is 523 g/mol. The van der Waals surface area contributed by atoms with Crippen LogP contribution in [0.15, 0.2) is 34.2 Å². The minimum Gasteiger partial charge on any atom is -0.383 e. The first-order chi connectivity index (χ1) is 13.5. The van der Waals surface area contributed by atoms with Crippen molar-refractivity contribution in [1.82, 2.24) is 15.4 Å². The number of halogens is 1. The van der Waals surface area contributed by atoms with Gasteiger partial charge in [-0.2, -0.15) is 11.8 Å². The van der Waals surface area contributed by atoms with E-state index in [0.29, 0.717) is 24.4 Å². The van der Waals surface area contributed by atoms with Crippen molar-refractivity contribution in [2.24, 2.45) is 4.99 Å². The topological polar surface area (TPSA) is 91.8 Å². The third-order valence-electron chi connectivity index (χ3n) is 4.79. The maximum absolute atomic E-state index is 12.4. The van der Waals surface area contributed by atoms with Gasteiger partial charge in [0.05, 0.1) is 11.5 Å². The second-order valence-corrected chi connectivity index (χ2v) is 9.73. The van der Waals surface area contributed by atoms with Crippen LogP contribution in [0.1, 0.15) is 31.2 Å². The Balaban J connectivity index is 0.00000420. The van der Waals surface area contributed by atoms with Crippen LogP contribution in [0.3, 0.4) is 0 Å². The zero-order valence-corrected chi connectivity index (χ0v) is 21.3. The summed E-state index contributed by atoms with van der Waals surface area (Å²) in [7, 11) is -0.244. The van der Waals surface area contributed by atoms with Crippen molar-refractivity contribution in [3.63, 3.8) is 0 Å². The molecule has 1 aromatic carbocycles. The molecule has 0 radical (unpaired) electrons. The zero-order valence-electron chi connectivity index (χ0n) is 17.3. The number of aliphatic imine (C=N–C) groups is 1. The van der Waals surface area contributed by atoms with E-state index in [1.54, 1.807) is 25.2 Å². The fourth-order valence-electron chi connectivity index (χ4n) is 3.25. The van der Waals surface area contributed by atoms with Crippen LogP contribution in [-0.4, -0.2) is 59.2 Å². The fraction of sp³-hybridized carbons (Fsp3) is 0.632. The standard InChI is InChI=1S/C19H32N4O3S2.HI/c1-20-19(23-16-7-5-8-17(13-16)27-3)21-14-15-6-4-9-18(12-15)28(24,25)22-10-11-26-2;/h4,6,9,12,16-17,22H,5,7-8,10-11,13-14H2,1-3H3,(H2,20,21,23);1H. The molecule has 0 aliphatic heterocycles. The zero-order chi connectivity index (χ0) is 20.4. The number of rotatable bonds is 9. The Kier molecular flexibility index (Phi) is 12.5. The quantitative estimate of drug-likeness (QED) is 0.188. The summed E-state index contributed by atoms with van der Waals surface area (Å²) in [5.74, 6) is 0.748. The van der Waals surface area contributed by atoms with E-state index in [-0.39, 0.29) is 35.4 Å². The van der Waals surface area contributed by atoms with Gasteiger partial charge in [0.15, 0.2) is 5.96 Å². The number of hydrogen-bond donors (Lipinski definition) is 3. The Morgan fingerprint density at radius 1 is 1.34 bits per heavy atom. The van der Waals surface area contributed by atoms with Gasteiger partial charge < -0.3 is 15.4 Å². The van der Waals surface area contributed by atoms with Gasteiger partial charge in [-0.3, -0.25) is 4.99 Å². The fourth-order valence-corrected chi connectivity index (χ4v) is 5.16. The Morgan fingerprint density at radius 2 is 2.14 bits per heavy atom.